The van der Waals surface area contributed by atoms with Gasteiger partial charge in [-0.3, -0.25) is 5.43 Å². The fraction of sp³-hybridized carbons (Fsp3) is 0.267. The normalized spacial score (nSPS) is 17.8. The van der Waals surface area contributed by atoms with Crippen molar-refractivity contribution < 1.29 is 9.15 Å². The lowest BCUT2D eigenvalue weighted by atomic mass is 9.91. The molecule has 0 amide bonds. The Morgan fingerprint density at radius 1 is 1.36 bits per heavy atom. The summed E-state index contributed by atoms with van der Waals surface area (Å²) in [5, 5.41) is 5.14. The van der Waals surface area contributed by atoms with Gasteiger partial charge in [0.1, 0.15) is 16.9 Å². The summed E-state index contributed by atoms with van der Waals surface area (Å²) in [7, 11) is 0. The SMILES string of the molecule is CC1(C)Oc2ccc3ccc(=O)oc3c2C/C1=N/NC(N)=S. The number of benzene rings is 1. The molecule has 1 aromatic heterocycles. The Labute approximate surface area is 131 Å². The van der Waals surface area contributed by atoms with Crippen molar-refractivity contribution in [2.24, 2.45) is 10.8 Å². The molecule has 3 N–H and O–H groups in total. The molecular weight excluding hydrogens is 302 g/mol. The van der Waals surface area contributed by atoms with Gasteiger partial charge in [0.05, 0.1) is 5.71 Å². The highest BCUT2D eigenvalue weighted by atomic mass is 32.1. The maximum absolute atomic E-state index is 11.5. The van der Waals surface area contributed by atoms with Crippen LogP contribution in [0.4, 0.5) is 0 Å². The molecule has 0 saturated heterocycles. The molecule has 1 aliphatic rings. The van der Waals surface area contributed by atoms with Crippen LogP contribution in [-0.2, 0) is 6.42 Å². The predicted octanol–water partition coefficient (Wildman–Crippen LogP) is 1.70. The van der Waals surface area contributed by atoms with E-state index >= 15 is 0 Å². The number of nitrogens with two attached hydrogens (primary N) is 1. The van der Waals surface area contributed by atoms with Crippen LogP contribution in [-0.4, -0.2) is 16.4 Å². The van der Waals surface area contributed by atoms with Crippen LogP contribution in [0.5, 0.6) is 5.75 Å². The molecule has 7 heteroatoms. The number of fused-ring (bicyclic) bond motifs is 3. The molecule has 114 valence electrons. The fourth-order valence-electron chi connectivity index (χ4n) is 2.45. The molecule has 0 aliphatic carbocycles. The third-order valence-corrected chi connectivity index (χ3v) is 3.65. The molecule has 6 nitrogen and oxygen atoms in total. The molecule has 0 radical (unpaired) electrons. The predicted molar refractivity (Wildman–Crippen MR) is 88.3 cm³/mol. The van der Waals surface area contributed by atoms with Crippen LogP contribution in [0.3, 0.4) is 0 Å². The largest absolute Gasteiger partial charge is 0.481 e. The molecule has 1 aliphatic heterocycles. The summed E-state index contributed by atoms with van der Waals surface area (Å²) < 4.78 is 11.3. The van der Waals surface area contributed by atoms with Gasteiger partial charge in [-0.2, -0.15) is 5.10 Å². The fourth-order valence-corrected chi connectivity index (χ4v) is 2.49. The number of thiocarbonyl (C=S) groups is 1. The summed E-state index contributed by atoms with van der Waals surface area (Å²) in [4.78, 5) is 11.5. The molecule has 2 heterocycles. The molecule has 22 heavy (non-hydrogen) atoms. The molecule has 0 atom stereocenters. The first-order valence-corrected chi connectivity index (χ1v) is 7.15. The molecule has 0 unspecified atom stereocenters. The smallest absolute Gasteiger partial charge is 0.336 e. The summed E-state index contributed by atoms with van der Waals surface area (Å²) in [5.74, 6) is 0.682. The third-order valence-electron chi connectivity index (χ3n) is 3.55. The lowest BCUT2D eigenvalue weighted by Gasteiger charge is -2.34. The lowest BCUT2D eigenvalue weighted by molar-refractivity contribution is 0.171. The summed E-state index contributed by atoms with van der Waals surface area (Å²) in [5.41, 5.74) is 9.01. The third kappa shape index (κ3) is 2.55. The average molecular weight is 317 g/mol. The van der Waals surface area contributed by atoms with E-state index in [9.17, 15) is 4.79 Å². The van der Waals surface area contributed by atoms with Crippen LogP contribution in [0.1, 0.15) is 19.4 Å². The number of hydrazone groups is 1. The topological polar surface area (TPSA) is 89.8 Å². The minimum atomic E-state index is -0.618. The van der Waals surface area contributed by atoms with Gasteiger partial charge in [0, 0.05) is 23.4 Å². The number of hydrogen-bond acceptors (Lipinski definition) is 5. The zero-order valence-electron chi connectivity index (χ0n) is 12.2. The second-order valence-electron chi connectivity index (χ2n) is 5.54. The first-order chi connectivity index (χ1) is 10.4. The van der Waals surface area contributed by atoms with Gasteiger partial charge in [-0.05, 0) is 44.3 Å². The molecule has 0 spiro atoms. The quantitative estimate of drug-likeness (QED) is 0.473. The molecule has 0 bridgehead atoms. The average Bonchev–Trinajstić information content (AvgIpc) is 2.44. The van der Waals surface area contributed by atoms with Gasteiger partial charge < -0.3 is 14.9 Å². The summed E-state index contributed by atoms with van der Waals surface area (Å²) >= 11 is 4.77. The van der Waals surface area contributed by atoms with E-state index in [2.05, 4.69) is 10.5 Å². The van der Waals surface area contributed by atoms with Crippen LogP contribution >= 0.6 is 12.2 Å². The monoisotopic (exact) mass is 317 g/mol. The van der Waals surface area contributed by atoms with Crippen molar-refractivity contribution >= 4 is 34.0 Å². The maximum atomic E-state index is 11.5. The van der Waals surface area contributed by atoms with Gasteiger partial charge in [-0.25, -0.2) is 4.79 Å². The highest BCUT2D eigenvalue weighted by molar-refractivity contribution is 7.80. The Morgan fingerprint density at radius 3 is 2.82 bits per heavy atom. The second kappa shape index (κ2) is 5.10. The number of nitrogens with zero attached hydrogens (tertiary/aromatic N) is 1. The van der Waals surface area contributed by atoms with Crippen LogP contribution < -0.4 is 21.5 Å². The van der Waals surface area contributed by atoms with Crippen molar-refractivity contribution in [3.63, 3.8) is 0 Å². The van der Waals surface area contributed by atoms with E-state index in [0.717, 1.165) is 10.9 Å². The van der Waals surface area contributed by atoms with Gasteiger partial charge in [0.25, 0.3) is 0 Å². The van der Waals surface area contributed by atoms with Crippen molar-refractivity contribution in [2.45, 2.75) is 25.9 Å². The Bertz CT molecular complexity index is 855. The van der Waals surface area contributed by atoms with Gasteiger partial charge in [0.2, 0.25) is 0 Å². The number of rotatable bonds is 1. The Balaban J connectivity index is 2.15. The first-order valence-electron chi connectivity index (χ1n) is 6.74. The van der Waals surface area contributed by atoms with Crippen LogP contribution in [0.2, 0.25) is 0 Å². The first kappa shape index (κ1) is 14.5. The minimum absolute atomic E-state index is 0.0820. The van der Waals surface area contributed by atoms with Crippen molar-refractivity contribution in [2.75, 3.05) is 0 Å². The lowest BCUT2D eigenvalue weighted by Crippen LogP contribution is -2.44. The van der Waals surface area contributed by atoms with Gasteiger partial charge in [-0.1, -0.05) is 0 Å². The van der Waals surface area contributed by atoms with E-state index in [1.807, 2.05) is 26.0 Å². The van der Waals surface area contributed by atoms with Crippen LogP contribution in [0, 0.1) is 0 Å². The van der Waals surface area contributed by atoms with E-state index < -0.39 is 11.2 Å². The Kier molecular flexibility index (Phi) is 3.37. The van der Waals surface area contributed by atoms with Gasteiger partial charge >= 0.3 is 5.63 Å². The minimum Gasteiger partial charge on any atom is -0.481 e. The molecule has 0 fully saturated rings. The zero-order chi connectivity index (χ0) is 15.9. The summed E-state index contributed by atoms with van der Waals surface area (Å²) in [6.45, 7) is 3.81. The highest BCUT2D eigenvalue weighted by Crippen LogP contribution is 2.35. The molecule has 1 aromatic carbocycles. The van der Waals surface area contributed by atoms with Crippen molar-refractivity contribution in [1.29, 1.82) is 0 Å². The van der Waals surface area contributed by atoms with Crippen molar-refractivity contribution in [3.8, 4) is 5.75 Å². The Hall–Kier alpha value is -2.41. The van der Waals surface area contributed by atoms with E-state index in [0.29, 0.717) is 23.5 Å². The molecular formula is C15H15N3O3S. The number of hydrogen-bond donors (Lipinski definition) is 2. The molecule has 0 saturated carbocycles. The van der Waals surface area contributed by atoms with Gasteiger partial charge in [-0.15, -0.1) is 0 Å². The van der Waals surface area contributed by atoms with Crippen molar-refractivity contribution in [1.82, 2.24) is 5.43 Å². The summed E-state index contributed by atoms with van der Waals surface area (Å²) in [6, 6.07) is 6.86. The number of ether oxygens (including phenoxy) is 1. The van der Waals surface area contributed by atoms with E-state index in [1.165, 1.54) is 6.07 Å². The standard InChI is InChI=1S/C15H15N3O3S/c1-15(2)11(17-18-14(16)22)7-9-10(21-15)5-3-8-4-6-12(19)20-13(8)9/h3-6H,7H2,1-2H3,(H3,16,18,22)/b17-11-. The Morgan fingerprint density at radius 2 is 2.09 bits per heavy atom. The zero-order valence-corrected chi connectivity index (χ0v) is 13.0. The van der Waals surface area contributed by atoms with Gasteiger partial charge in [0.15, 0.2) is 5.11 Å². The maximum Gasteiger partial charge on any atom is 0.336 e. The van der Waals surface area contributed by atoms with E-state index in [1.54, 1.807) is 6.07 Å². The van der Waals surface area contributed by atoms with E-state index in [-0.39, 0.29) is 5.11 Å². The van der Waals surface area contributed by atoms with Crippen LogP contribution in [0.15, 0.2) is 38.6 Å². The van der Waals surface area contributed by atoms with Crippen molar-refractivity contribution in [3.05, 3.63) is 40.2 Å². The highest BCUT2D eigenvalue weighted by Gasteiger charge is 2.35. The second-order valence-corrected chi connectivity index (χ2v) is 5.98. The summed E-state index contributed by atoms with van der Waals surface area (Å²) in [6.07, 6.45) is 0.474. The number of nitrogens with one attached hydrogen (secondary N) is 1. The van der Waals surface area contributed by atoms with Crippen LogP contribution in [0.25, 0.3) is 11.0 Å². The molecule has 3 rings (SSSR count). The van der Waals surface area contributed by atoms with E-state index in [4.69, 9.17) is 27.1 Å². The molecule has 2 aromatic rings.